The van der Waals surface area contributed by atoms with E-state index in [2.05, 4.69) is 71.3 Å². The van der Waals surface area contributed by atoms with Gasteiger partial charge in [0.25, 0.3) is 0 Å². The van der Waals surface area contributed by atoms with E-state index in [4.69, 9.17) is 4.74 Å². The highest BCUT2D eigenvalue weighted by molar-refractivity contribution is 5.32. The van der Waals surface area contributed by atoms with E-state index >= 15 is 0 Å². The second kappa shape index (κ2) is 9.11. The molecule has 3 rings (SSSR count). The number of β-amino-alcohol motifs (C(OH)–C–C–N with tert-alkyl or cyclic N) is 1. The molecule has 0 amide bonds. The molecule has 1 aliphatic rings. The fourth-order valence-electron chi connectivity index (χ4n) is 3.36. The van der Waals surface area contributed by atoms with Crippen molar-refractivity contribution < 1.29 is 9.84 Å². The van der Waals surface area contributed by atoms with Gasteiger partial charge >= 0.3 is 0 Å². The third kappa shape index (κ3) is 5.38. The summed E-state index contributed by atoms with van der Waals surface area (Å²) in [5, 5.41) is 17.2. The van der Waals surface area contributed by atoms with Crippen LogP contribution in [-0.4, -0.2) is 50.1 Å². The molecule has 1 fully saturated rings. The maximum absolute atomic E-state index is 10.6. The summed E-state index contributed by atoms with van der Waals surface area (Å²) in [6.45, 7) is 3.79. The Hall–Kier alpha value is -1.72. The smallest absolute Gasteiger partial charge is 0.113 e. The van der Waals surface area contributed by atoms with Crippen LogP contribution >= 0.6 is 0 Å². The topological polar surface area (TPSA) is 53.5 Å². The molecule has 25 heavy (non-hydrogen) atoms. The highest BCUT2D eigenvalue weighted by Crippen LogP contribution is 2.27. The van der Waals surface area contributed by atoms with Crippen molar-refractivity contribution in [2.75, 3.05) is 39.4 Å². The van der Waals surface area contributed by atoms with Crippen molar-refractivity contribution >= 4 is 0 Å². The number of rotatable bonds is 7. The van der Waals surface area contributed by atoms with Crippen LogP contribution in [0.4, 0.5) is 0 Å². The first-order valence-corrected chi connectivity index (χ1v) is 9.08. The molecule has 0 radical (unpaired) electrons. The normalized spacial score (nSPS) is 21.2. The van der Waals surface area contributed by atoms with Crippen molar-refractivity contribution in [1.29, 1.82) is 0 Å². The molecular formula is C21H28N2O2. The Morgan fingerprint density at radius 1 is 1.04 bits per heavy atom. The van der Waals surface area contributed by atoms with Crippen molar-refractivity contribution in [2.45, 2.75) is 17.9 Å². The summed E-state index contributed by atoms with van der Waals surface area (Å²) in [5.74, 6) is 0.355. The van der Waals surface area contributed by atoms with Gasteiger partial charge in [-0.1, -0.05) is 60.7 Å². The maximum atomic E-state index is 10.6. The lowest BCUT2D eigenvalue weighted by atomic mass is 9.88. The average Bonchev–Trinajstić information content (AvgIpc) is 2.88. The highest BCUT2D eigenvalue weighted by Gasteiger charge is 2.28. The lowest BCUT2D eigenvalue weighted by Gasteiger charge is -2.27. The number of hydrogen-bond acceptors (Lipinski definition) is 4. The molecular weight excluding hydrogens is 312 g/mol. The van der Waals surface area contributed by atoms with Gasteiger partial charge in [0, 0.05) is 25.6 Å². The van der Waals surface area contributed by atoms with E-state index in [1.54, 1.807) is 0 Å². The van der Waals surface area contributed by atoms with Gasteiger partial charge in [0.05, 0.1) is 13.2 Å². The Bertz CT molecular complexity index is 571. The standard InChI is InChI=1S/C21H28N2O2/c24-21(16-23-13-14-25-17-21)15-22-12-11-20(18-7-3-1-4-8-18)19-9-5-2-6-10-19/h1-10,20,22-24H,11-17H2/t21-/m1/s1. The molecule has 0 saturated carbocycles. The quantitative estimate of drug-likeness (QED) is 0.676. The van der Waals surface area contributed by atoms with Crippen molar-refractivity contribution in [3.05, 3.63) is 71.8 Å². The SMILES string of the molecule is O[C@]1(CNCCC(c2ccccc2)c2ccccc2)CNCCOC1. The van der Waals surface area contributed by atoms with Gasteiger partial charge in [0.2, 0.25) is 0 Å². The molecule has 3 N–H and O–H groups in total. The fourth-order valence-corrected chi connectivity index (χ4v) is 3.36. The molecule has 134 valence electrons. The van der Waals surface area contributed by atoms with Crippen LogP contribution in [-0.2, 0) is 4.74 Å². The lowest BCUT2D eigenvalue weighted by Crippen LogP contribution is -2.50. The zero-order chi connectivity index (χ0) is 17.4. The molecule has 0 unspecified atom stereocenters. The second-order valence-electron chi connectivity index (χ2n) is 6.79. The van der Waals surface area contributed by atoms with Gasteiger partial charge in [-0.2, -0.15) is 0 Å². The molecule has 0 aromatic heterocycles. The van der Waals surface area contributed by atoms with E-state index < -0.39 is 5.60 Å². The van der Waals surface area contributed by atoms with Crippen LogP contribution in [0, 0.1) is 0 Å². The first kappa shape index (κ1) is 18.1. The molecule has 1 heterocycles. The molecule has 4 nitrogen and oxygen atoms in total. The van der Waals surface area contributed by atoms with Gasteiger partial charge in [-0.05, 0) is 24.1 Å². The van der Waals surface area contributed by atoms with Gasteiger partial charge < -0.3 is 20.5 Å². The van der Waals surface area contributed by atoms with E-state index in [9.17, 15) is 5.11 Å². The largest absolute Gasteiger partial charge is 0.385 e. The number of nitrogens with one attached hydrogen (secondary N) is 2. The molecule has 1 aliphatic heterocycles. The summed E-state index contributed by atoms with van der Waals surface area (Å²) < 4.78 is 5.47. The van der Waals surface area contributed by atoms with E-state index in [-0.39, 0.29) is 0 Å². The summed E-state index contributed by atoms with van der Waals surface area (Å²) in [6.07, 6.45) is 0.985. The van der Waals surface area contributed by atoms with Gasteiger partial charge in [0.15, 0.2) is 0 Å². The number of aliphatic hydroxyl groups is 1. The zero-order valence-corrected chi connectivity index (χ0v) is 14.7. The summed E-state index contributed by atoms with van der Waals surface area (Å²) in [4.78, 5) is 0. The van der Waals surface area contributed by atoms with Crippen molar-refractivity contribution in [3.8, 4) is 0 Å². The Balaban J connectivity index is 1.58. The van der Waals surface area contributed by atoms with Gasteiger partial charge in [0.1, 0.15) is 5.60 Å². The Morgan fingerprint density at radius 2 is 1.68 bits per heavy atom. The minimum Gasteiger partial charge on any atom is -0.385 e. The molecule has 0 aliphatic carbocycles. The molecule has 4 heteroatoms. The van der Waals surface area contributed by atoms with Crippen LogP contribution < -0.4 is 10.6 Å². The summed E-state index contributed by atoms with van der Waals surface area (Å²) >= 11 is 0. The minimum atomic E-state index is -0.828. The molecule has 0 bridgehead atoms. The number of ether oxygens (including phenoxy) is 1. The van der Waals surface area contributed by atoms with Crippen molar-refractivity contribution in [1.82, 2.24) is 10.6 Å². The lowest BCUT2D eigenvalue weighted by molar-refractivity contribution is -0.0261. The van der Waals surface area contributed by atoms with E-state index in [0.717, 1.165) is 19.5 Å². The van der Waals surface area contributed by atoms with Crippen LogP contribution in [0.5, 0.6) is 0 Å². The van der Waals surface area contributed by atoms with E-state index in [0.29, 0.717) is 32.2 Å². The second-order valence-corrected chi connectivity index (χ2v) is 6.79. The van der Waals surface area contributed by atoms with Gasteiger partial charge in [-0.15, -0.1) is 0 Å². The van der Waals surface area contributed by atoms with Crippen LogP contribution in [0.25, 0.3) is 0 Å². The third-order valence-corrected chi connectivity index (χ3v) is 4.72. The van der Waals surface area contributed by atoms with E-state index in [1.165, 1.54) is 11.1 Å². The Kier molecular flexibility index (Phi) is 6.59. The van der Waals surface area contributed by atoms with E-state index in [1.807, 2.05) is 0 Å². The predicted molar refractivity (Wildman–Crippen MR) is 101 cm³/mol. The monoisotopic (exact) mass is 340 g/mol. The predicted octanol–water partition coefficient (Wildman–Crippen LogP) is 2.15. The first-order valence-electron chi connectivity index (χ1n) is 9.08. The third-order valence-electron chi connectivity index (χ3n) is 4.72. The molecule has 1 saturated heterocycles. The Morgan fingerprint density at radius 3 is 2.32 bits per heavy atom. The van der Waals surface area contributed by atoms with Crippen LogP contribution in [0.3, 0.4) is 0 Å². The van der Waals surface area contributed by atoms with Gasteiger partial charge in [-0.25, -0.2) is 0 Å². The van der Waals surface area contributed by atoms with Crippen LogP contribution in [0.2, 0.25) is 0 Å². The molecule has 0 spiro atoms. The Labute approximate surface area is 150 Å². The van der Waals surface area contributed by atoms with Crippen LogP contribution in [0.1, 0.15) is 23.5 Å². The van der Waals surface area contributed by atoms with Crippen LogP contribution in [0.15, 0.2) is 60.7 Å². The van der Waals surface area contributed by atoms with Crippen molar-refractivity contribution in [3.63, 3.8) is 0 Å². The first-order chi connectivity index (χ1) is 12.3. The molecule has 1 atom stereocenters. The minimum absolute atomic E-state index is 0.355. The summed E-state index contributed by atoms with van der Waals surface area (Å²) in [5.41, 5.74) is 1.83. The highest BCUT2D eigenvalue weighted by atomic mass is 16.5. The average molecular weight is 340 g/mol. The molecule has 2 aromatic rings. The van der Waals surface area contributed by atoms with Crippen molar-refractivity contribution in [2.24, 2.45) is 0 Å². The summed E-state index contributed by atoms with van der Waals surface area (Å²) in [6, 6.07) is 21.2. The number of benzene rings is 2. The number of hydrogen-bond donors (Lipinski definition) is 3. The summed E-state index contributed by atoms with van der Waals surface area (Å²) in [7, 11) is 0. The molecule has 2 aromatic carbocycles. The fraction of sp³-hybridized carbons (Fsp3) is 0.429. The zero-order valence-electron chi connectivity index (χ0n) is 14.7. The maximum Gasteiger partial charge on any atom is 0.113 e. The van der Waals surface area contributed by atoms with Gasteiger partial charge in [-0.3, -0.25) is 0 Å².